The third kappa shape index (κ3) is 5.98. The normalized spacial score (nSPS) is 32.1. The maximum Gasteiger partial charge on any atom is 0.134 e. The predicted molar refractivity (Wildman–Crippen MR) is 152 cm³/mol. The summed E-state index contributed by atoms with van der Waals surface area (Å²) >= 11 is 0.776. The van der Waals surface area contributed by atoms with Gasteiger partial charge in [0, 0.05) is 11.1 Å². The third-order valence-electron chi connectivity index (χ3n) is 7.90. The molecule has 2 aliphatic rings. The number of aliphatic hydroxyl groups is 6. The molecule has 6 rings (SSSR count). The van der Waals surface area contributed by atoms with Gasteiger partial charge < -0.3 is 40.1 Å². The van der Waals surface area contributed by atoms with Crippen LogP contribution in [0, 0.1) is 11.6 Å². The Labute approximate surface area is 258 Å². The molecule has 4 aromatic rings. The molecule has 0 saturated carbocycles. The van der Waals surface area contributed by atoms with E-state index in [0.29, 0.717) is 0 Å². The maximum atomic E-state index is 14.4. The summed E-state index contributed by atoms with van der Waals surface area (Å²) in [7, 11) is 0. The van der Waals surface area contributed by atoms with E-state index >= 15 is 0 Å². The average Bonchev–Trinajstić information content (AvgIpc) is 3.71. The molecule has 14 nitrogen and oxygen atoms in total. The molecule has 2 fully saturated rings. The van der Waals surface area contributed by atoms with Gasteiger partial charge in [-0.15, -0.1) is 10.2 Å². The van der Waals surface area contributed by atoms with E-state index in [0.717, 1.165) is 21.1 Å². The predicted octanol–water partition coefficient (Wildman–Crippen LogP) is -0.125. The van der Waals surface area contributed by atoms with Gasteiger partial charge in [-0.2, -0.15) is 0 Å². The van der Waals surface area contributed by atoms with Crippen molar-refractivity contribution < 1.29 is 48.9 Å². The fourth-order valence-electron chi connectivity index (χ4n) is 5.55. The molecule has 2 saturated heterocycles. The van der Waals surface area contributed by atoms with Crippen molar-refractivity contribution in [3.05, 3.63) is 72.6 Å². The Balaban J connectivity index is 1.26. The molecule has 240 valence electrons. The molecular formula is C28H30F2N6O8S. The summed E-state index contributed by atoms with van der Waals surface area (Å²) in [6.45, 7) is -1.30. The molecule has 10 atom stereocenters. The van der Waals surface area contributed by atoms with Crippen LogP contribution in [0.5, 0.6) is 0 Å². The van der Waals surface area contributed by atoms with Gasteiger partial charge in [-0.1, -0.05) is 46.5 Å². The van der Waals surface area contributed by atoms with E-state index in [1.807, 2.05) is 0 Å². The maximum absolute atomic E-state index is 14.4. The second kappa shape index (κ2) is 13.1. The Bertz CT molecular complexity index is 1500. The van der Waals surface area contributed by atoms with Crippen LogP contribution in [0.1, 0.15) is 12.1 Å². The summed E-state index contributed by atoms with van der Waals surface area (Å²) < 4.78 is 42.6. The minimum atomic E-state index is -1.53. The van der Waals surface area contributed by atoms with E-state index in [1.165, 1.54) is 48.8 Å². The number of rotatable bonds is 8. The molecule has 45 heavy (non-hydrogen) atoms. The molecule has 0 amide bonds. The number of aromatic nitrogens is 6. The van der Waals surface area contributed by atoms with Crippen LogP contribution in [-0.4, -0.2) is 121 Å². The zero-order valence-electron chi connectivity index (χ0n) is 23.3. The first kappa shape index (κ1) is 31.6. The Kier molecular flexibility index (Phi) is 9.23. The number of benzene rings is 2. The summed E-state index contributed by atoms with van der Waals surface area (Å²) in [5, 5.41) is 80.6. The summed E-state index contributed by atoms with van der Waals surface area (Å²) in [5.41, 5.74) is -1.93. The molecule has 4 heterocycles. The highest BCUT2D eigenvalue weighted by atomic mass is 32.2. The Morgan fingerprint density at radius 1 is 0.644 bits per heavy atom. The quantitative estimate of drug-likeness (QED) is 0.148. The minimum absolute atomic E-state index is 0.139. The third-order valence-corrected chi connectivity index (χ3v) is 9.21. The number of thioether (sulfide) groups is 1. The topological polar surface area (TPSA) is 201 Å². The molecular weight excluding hydrogens is 618 g/mol. The van der Waals surface area contributed by atoms with Gasteiger partial charge >= 0.3 is 0 Å². The molecule has 2 aromatic heterocycles. The lowest BCUT2D eigenvalue weighted by Gasteiger charge is -2.46. The van der Waals surface area contributed by atoms with Gasteiger partial charge in [0.05, 0.1) is 25.6 Å². The Morgan fingerprint density at radius 3 is 1.42 bits per heavy atom. The van der Waals surface area contributed by atoms with E-state index < -0.39 is 84.4 Å². The highest BCUT2D eigenvalue weighted by molar-refractivity contribution is 8.00. The summed E-state index contributed by atoms with van der Waals surface area (Å²) in [6.07, 6.45) is -5.75. The smallest absolute Gasteiger partial charge is 0.134 e. The van der Waals surface area contributed by atoms with Crippen molar-refractivity contribution in [2.45, 2.75) is 59.6 Å². The summed E-state index contributed by atoms with van der Waals surface area (Å²) in [4.78, 5) is 0. The van der Waals surface area contributed by atoms with Crippen LogP contribution in [0.15, 0.2) is 60.9 Å². The lowest BCUT2D eigenvalue weighted by atomic mass is 9.97. The van der Waals surface area contributed by atoms with E-state index in [2.05, 4.69) is 20.6 Å². The molecule has 2 aliphatic heterocycles. The Hall–Kier alpha value is -3.39. The lowest BCUT2D eigenvalue weighted by Crippen LogP contribution is -2.58. The van der Waals surface area contributed by atoms with Gasteiger partial charge in [0.25, 0.3) is 0 Å². The average molecular weight is 649 g/mol. The van der Waals surface area contributed by atoms with E-state index in [4.69, 9.17) is 9.47 Å². The van der Waals surface area contributed by atoms with Crippen molar-refractivity contribution in [3.8, 4) is 22.5 Å². The molecule has 0 spiro atoms. The largest absolute Gasteiger partial charge is 0.394 e. The zero-order valence-corrected chi connectivity index (χ0v) is 24.1. The number of halogens is 2. The molecule has 4 unspecified atom stereocenters. The van der Waals surface area contributed by atoms with Crippen LogP contribution in [0.25, 0.3) is 22.5 Å². The van der Waals surface area contributed by atoms with Crippen LogP contribution >= 0.6 is 11.8 Å². The molecule has 0 bridgehead atoms. The van der Waals surface area contributed by atoms with Crippen LogP contribution in [0.4, 0.5) is 8.78 Å². The number of nitrogens with zero attached hydrogens (tertiary/aromatic N) is 6. The fourth-order valence-corrected chi connectivity index (χ4v) is 6.87. The van der Waals surface area contributed by atoms with Gasteiger partial charge in [0.2, 0.25) is 0 Å². The second-order valence-electron chi connectivity index (χ2n) is 10.7. The van der Waals surface area contributed by atoms with Crippen LogP contribution in [0.3, 0.4) is 0 Å². The highest BCUT2D eigenvalue weighted by Crippen LogP contribution is 2.42. The van der Waals surface area contributed by atoms with Crippen molar-refractivity contribution >= 4 is 11.8 Å². The van der Waals surface area contributed by atoms with Crippen LogP contribution < -0.4 is 0 Å². The number of hydrogen-bond donors (Lipinski definition) is 6. The molecule has 0 radical (unpaired) electrons. The van der Waals surface area contributed by atoms with E-state index in [1.54, 1.807) is 12.1 Å². The first-order valence-corrected chi connectivity index (χ1v) is 14.9. The van der Waals surface area contributed by atoms with Crippen molar-refractivity contribution in [2.75, 3.05) is 13.2 Å². The van der Waals surface area contributed by atoms with Crippen molar-refractivity contribution in [2.24, 2.45) is 0 Å². The fraction of sp³-hybridized carbons (Fsp3) is 0.429. The molecule has 0 aliphatic carbocycles. The summed E-state index contributed by atoms with van der Waals surface area (Å²) in [6, 6.07) is 9.30. The van der Waals surface area contributed by atoms with Gasteiger partial charge in [-0.05, 0) is 24.3 Å². The first-order valence-electron chi connectivity index (χ1n) is 14.0. The van der Waals surface area contributed by atoms with Gasteiger partial charge in [0.1, 0.15) is 82.6 Å². The number of aliphatic hydroxyl groups excluding tert-OH is 6. The van der Waals surface area contributed by atoms with E-state index in [-0.39, 0.29) is 22.5 Å². The second-order valence-corrected chi connectivity index (χ2v) is 11.9. The Morgan fingerprint density at radius 2 is 1.04 bits per heavy atom. The van der Waals surface area contributed by atoms with Gasteiger partial charge in [-0.3, -0.25) is 0 Å². The van der Waals surface area contributed by atoms with Crippen molar-refractivity contribution in [1.29, 1.82) is 0 Å². The van der Waals surface area contributed by atoms with Crippen LogP contribution in [0.2, 0.25) is 0 Å². The zero-order chi connectivity index (χ0) is 31.8. The number of ether oxygens (including phenoxy) is 2. The first-order chi connectivity index (χ1) is 21.7. The minimum Gasteiger partial charge on any atom is -0.394 e. The SMILES string of the molecule is OCC1O[C@@H](S[C@@H]2OC(CO)[C@H](O)[C@H](n3cc(-c4ccccc4F)nn3)C2O)C(O)[C@@H](n2cc(-c3ccccc3F)nn2)[C@H]1O. The molecule has 6 N–H and O–H groups in total. The number of hydrogen-bond acceptors (Lipinski definition) is 13. The van der Waals surface area contributed by atoms with Crippen molar-refractivity contribution in [3.63, 3.8) is 0 Å². The lowest BCUT2D eigenvalue weighted by molar-refractivity contribution is -0.189. The molecule has 17 heteroatoms. The highest BCUT2D eigenvalue weighted by Gasteiger charge is 2.51. The van der Waals surface area contributed by atoms with Gasteiger partial charge in [-0.25, -0.2) is 18.1 Å². The standard InChI is InChI=1S/C28H30F2N6O8S/c29-15-7-3-1-5-13(15)17-9-35(33-31-17)21-23(39)19(11-37)43-27(25(21)41)45-28-26(42)22(24(40)20(12-38)44-28)36-10-18(32-34-36)14-6-2-4-8-16(14)30/h1-10,19-28,37-42H,11-12H2/t19?,20?,21-,22-,23-,24-,25?,26?,27-,28-/m0/s1. The monoisotopic (exact) mass is 648 g/mol. The van der Waals surface area contributed by atoms with Gasteiger partial charge in [0.15, 0.2) is 0 Å². The van der Waals surface area contributed by atoms with Crippen molar-refractivity contribution in [1.82, 2.24) is 30.0 Å². The summed E-state index contributed by atoms with van der Waals surface area (Å²) in [5.74, 6) is -1.10. The van der Waals surface area contributed by atoms with Crippen LogP contribution in [-0.2, 0) is 9.47 Å². The molecule has 2 aromatic carbocycles. The van der Waals surface area contributed by atoms with E-state index in [9.17, 15) is 39.4 Å².